The highest BCUT2D eigenvalue weighted by molar-refractivity contribution is 5.76. The summed E-state index contributed by atoms with van der Waals surface area (Å²) in [6.07, 6.45) is 73.2. The average molecular weight is 987 g/mol. The minimum Gasteiger partial charge on any atom is -0.466 e. The third-order valence-electron chi connectivity index (χ3n) is 14.8. The molecule has 0 aromatic rings. The Morgan fingerprint density at radius 2 is 0.714 bits per heavy atom. The van der Waals surface area contributed by atoms with Gasteiger partial charge in [-0.1, -0.05) is 301 Å². The van der Waals surface area contributed by atoms with Crippen LogP contribution in [0.3, 0.4) is 0 Å². The number of aliphatic hydroxyl groups is 2. The van der Waals surface area contributed by atoms with E-state index in [2.05, 4.69) is 43.5 Å². The zero-order chi connectivity index (χ0) is 50.7. The van der Waals surface area contributed by atoms with E-state index in [9.17, 15) is 19.8 Å². The van der Waals surface area contributed by atoms with Crippen LogP contribution in [0.1, 0.15) is 348 Å². The van der Waals surface area contributed by atoms with Gasteiger partial charge in [-0.25, -0.2) is 0 Å². The molecule has 0 rings (SSSR count). The number of carbonyl (C=O) groups is 2. The van der Waals surface area contributed by atoms with Gasteiger partial charge in [-0.15, -0.1) is 0 Å². The van der Waals surface area contributed by atoms with Gasteiger partial charge in [-0.3, -0.25) is 9.59 Å². The van der Waals surface area contributed by atoms with Crippen LogP contribution < -0.4 is 5.32 Å². The van der Waals surface area contributed by atoms with Crippen molar-refractivity contribution in [3.05, 3.63) is 24.3 Å². The fourth-order valence-corrected chi connectivity index (χ4v) is 9.91. The summed E-state index contributed by atoms with van der Waals surface area (Å²) < 4.78 is 5.48. The number of rotatable bonds is 59. The minimum atomic E-state index is -0.679. The van der Waals surface area contributed by atoms with Gasteiger partial charge in [0.2, 0.25) is 5.91 Å². The second-order valence-electron chi connectivity index (χ2n) is 21.7. The number of hydrogen-bond donors (Lipinski definition) is 3. The molecule has 6 nitrogen and oxygen atoms in total. The summed E-state index contributed by atoms with van der Waals surface area (Å²) in [5.74, 6) is -0.0702. The molecule has 0 aliphatic carbocycles. The number of amides is 1. The van der Waals surface area contributed by atoms with Crippen molar-refractivity contribution >= 4 is 11.9 Å². The second kappa shape index (κ2) is 59.9. The number of aliphatic hydroxyl groups excluding tert-OH is 2. The molecule has 414 valence electrons. The van der Waals surface area contributed by atoms with Crippen LogP contribution in [-0.2, 0) is 14.3 Å². The molecule has 0 aliphatic heterocycles. The summed E-state index contributed by atoms with van der Waals surface area (Å²) in [6, 6.07) is -0.558. The van der Waals surface area contributed by atoms with Crippen molar-refractivity contribution in [3.63, 3.8) is 0 Å². The van der Waals surface area contributed by atoms with Gasteiger partial charge in [0.15, 0.2) is 0 Å². The van der Waals surface area contributed by atoms with Crippen LogP contribution in [0.4, 0.5) is 0 Å². The van der Waals surface area contributed by atoms with Gasteiger partial charge in [-0.05, 0) is 57.8 Å². The first kappa shape index (κ1) is 68.3. The molecule has 0 bridgehead atoms. The fraction of sp³-hybridized carbons (Fsp3) is 0.906. The summed E-state index contributed by atoms with van der Waals surface area (Å²) in [4.78, 5) is 24.6. The molecule has 2 unspecified atom stereocenters. The van der Waals surface area contributed by atoms with Gasteiger partial charge in [-0.2, -0.15) is 0 Å². The predicted molar refractivity (Wildman–Crippen MR) is 306 cm³/mol. The first-order chi connectivity index (χ1) is 34.5. The summed E-state index contributed by atoms with van der Waals surface area (Å²) in [6.45, 7) is 4.92. The molecule has 70 heavy (non-hydrogen) atoms. The van der Waals surface area contributed by atoms with E-state index in [4.69, 9.17) is 4.74 Å². The van der Waals surface area contributed by atoms with Crippen LogP contribution in [0.25, 0.3) is 0 Å². The number of ether oxygens (including phenoxy) is 1. The topological polar surface area (TPSA) is 95.9 Å². The van der Waals surface area contributed by atoms with Crippen molar-refractivity contribution in [1.82, 2.24) is 5.32 Å². The van der Waals surface area contributed by atoms with E-state index in [1.165, 1.54) is 250 Å². The van der Waals surface area contributed by atoms with E-state index < -0.39 is 12.1 Å². The maximum absolute atomic E-state index is 12.5. The molecule has 0 spiro atoms. The van der Waals surface area contributed by atoms with Crippen LogP contribution in [0.15, 0.2) is 24.3 Å². The lowest BCUT2D eigenvalue weighted by Crippen LogP contribution is -2.45. The van der Waals surface area contributed by atoms with Crippen molar-refractivity contribution in [2.45, 2.75) is 360 Å². The van der Waals surface area contributed by atoms with Gasteiger partial charge in [0.05, 0.1) is 25.4 Å². The van der Waals surface area contributed by atoms with Crippen molar-refractivity contribution in [3.8, 4) is 0 Å². The van der Waals surface area contributed by atoms with E-state index in [-0.39, 0.29) is 18.5 Å². The zero-order valence-corrected chi connectivity index (χ0v) is 47.3. The lowest BCUT2D eigenvalue weighted by Gasteiger charge is -2.22. The average Bonchev–Trinajstić information content (AvgIpc) is 3.36. The van der Waals surface area contributed by atoms with Gasteiger partial charge in [0, 0.05) is 12.8 Å². The number of unbranched alkanes of at least 4 members (excludes halogenated alkanes) is 44. The molecule has 0 saturated heterocycles. The predicted octanol–water partition coefficient (Wildman–Crippen LogP) is 19.8. The fourth-order valence-electron chi connectivity index (χ4n) is 9.91. The van der Waals surface area contributed by atoms with Gasteiger partial charge >= 0.3 is 5.97 Å². The summed E-state index contributed by atoms with van der Waals surface area (Å²) in [7, 11) is 0. The van der Waals surface area contributed by atoms with Crippen LogP contribution in [0.2, 0.25) is 0 Å². The smallest absolute Gasteiger partial charge is 0.305 e. The molecule has 6 heteroatoms. The molecule has 0 aromatic carbocycles. The van der Waals surface area contributed by atoms with Crippen LogP contribution >= 0.6 is 0 Å². The van der Waals surface area contributed by atoms with E-state index in [1.54, 1.807) is 0 Å². The minimum absolute atomic E-state index is 0.0197. The Bertz CT molecular complexity index is 1090. The van der Waals surface area contributed by atoms with Gasteiger partial charge < -0.3 is 20.3 Å². The second-order valence-corrected chi connectivity index (χ2v) is 21.7. The Morgan fingerprint density at radius 1 is 0.400 bits per heavy atom. The first-order valence-corrected chi connectivity index (χ1v) is 31.6. The largest absolute Gasteiger partial charge is 0.466 e. The number of hydrogen-bond acceptors (Lipinski definition) is 5. The Labute approximate surface area is 437 Å². The molecule has 3 N–H and O–H groups in total. The number of carbonyl (C=O) groups excluding carboxylic acids is 2. The van der Waals surface area contributed by atoms with Crippen molar-refractivity contribution < 1.29 is 24.5 Å². The first-order valence-electron chi connectivity index (χ1n) is 31.6. The summed E-state index contributed by atoms with van der Waals surface area (Å²) in [5, 5.41) is 23.4. The van der Waals surface area contributed by atoms with E-state index in [1.807, 2.05) is 0 Å². The standard InChI is InChI=1S/C64H123NO5/c1-3-5-7-9-11-13-15-17-19-21-23-24-25-26-27-28-29-31-33-36-40-44-48-52-56-62(67)61(60-66)65-63(68)57-53-49-45-41-37-35-39-43-47-51-55-59-70-64(69)58-54-50-46-42-38-34-32-30-22-20-18-16-14-12-10-8-6-4-2/h14,16,20,22,61-62,66-67H,3-13,15,17-19,21,23-60H2,1-2H3,(H,65,68)/b16-14-,22-20-. The third-order valence-corrected chi connectivity index (χ3v) is 14.8. The zero-order valence-electron chi connectivity index (χ0n) is 47.3. The monoisotopic (exact) mass is 986 g/mol. The molecule has 1 amide bonds. The molecule has 0 aliphatic rings. The lowest BCUT2D eigenvalue weighted by molar-refractivity contribution is -0.143. The highest BCUT2D eigenvalue weighted by atomic mass is 16.5. The molecular formula is C64H123NO5. The van der Waals surface area contributed by atoms with Crippen LogP contribution in [0.5, 0.6) is 0 Å². The maximum Gasteiger partial charge on any atom is 0.305 e. The molecule has 0 radical (unpaired) electrons. The Balaban J connectivity index is 3.45. The Kier molecular flexibility index (Phi) is 58.5. The number of allylic oxidation sites excluding steroid dienone is 4. The summed E-state index contributed by atoms with van der Waals surface area (Å²) in [5.41, 5.74) is 0. The Hall–Kier alpha value is -1.66. The molecule has 2 atom stereocenters. The normalized spacial score (nSPS) is 12.7. The highest BCUT2D eigenvalue weighted by Gasteiger charge is 2.20. The number of esters is 1. The molecule has 0 fully saturated rings. The third kappa shape index (κ3) is 55.7. The SMILES string of the molecule is CCCCCC/C=C\C/C=C\CCCCCCCCCC(=O)OCCCCCCCCCCCCCC(=O)NC(CO)C(O)CCCCCCCCCCCCCCCCCCCCCCCCCC. The highest BCUT2D eigenvalue weighted by Crippen LogP contribution is 2.18. The molecule has 0 heterocycles. The molecular weight excluding hydrogens is 863 g/mol. The van der Waals surface area contributed by atoms with Crippen molar-refractivity contribution in [2.24, 2.45) is 0 Å². The van der Waals surface area contributed by atoms with Crippen LogP contribution in [0, 0.1) is 0 Å². The number of nitrogens with one attached hydrogen (secondary N) is 1. The summed E-state index contributed by atoms with van der Waals surface area (Å²) >= 11 is 0. The molecule has 0 aromatic heterocycles. The van der Waals surface area contributed by atoms with E-state index in [0.717, 1.165) is 64.2 Å². The molecule has 0 saturated carbocycles. The van der Waals surface area contributed by atoms with Crippen LogP contribution in [-0.4, -0.2) is 47.4 Å². The Morgan fingerprint density at radius 3 is 1.10 bits per heavy atom. The van der Waals surface area contributed by atoms with E-state index >= 15 is 0 Å². The van der Waals surface area contributed by atoms with Gasteiger partial charge in [0.1, 0.15) is 0 Å². The lowest BCUT2D eigenvalue weighted by atomic mass is 10.0. The quantitative estimate of drug-likeness (QED) is 0.0321. The van der Waals surface area contributed by atoms with Crippen molar-refractivity contribution in [2.75, 3.05) is 13.2 Å². The van der Waals surface area contributed by atoms with E-state index in [0.29, 0.717) is 25.9 Å². The van der Waals surface area contributed by atoms with Gasteiger partial charge in [0.25, 0.3) is 0 Å². The maximum atomic E-state index is 12.5. The van der Waals surface area contributed by atoms with Crippen molar-refractivity contribution in [1.29, 1.82) is 0 Å².